The number of fused-ring (bicyclic) bond motifs is 1. The molecule has 2 aromatic carbocycles. The highest BCUT2D eigenvalue weighted by atomic mass is 16.6. The summed E-state index contributed by atoms with van der Waals surface area (Å²) in [5.41, 5.74) is 2.39. The molecule has 7 nitrogen and oxygen atoms in total. The molecule has 0 aliphatic carbocycles. The molecular formula is C20H21NO6. The molecule has 0 radical (unpaired) electrons. The number of rotatable bonds is 6. The second kappa shape index (κ2) is 8.44. The number of anilines is 1. The van der Waals surface area contributed by atoms with Crippen molar-refractivity contribution in [3.05, 3.63) is 47.5 Å². The normalized spacial score (nSPS) is 12.2. The van der Waals surface area contributed by atoms with E-state index in [0.29, 0.717) is 36.1 Å². The van der Waals surface area contributed by atoms with Crippen LogP contribution in [-0.4, -0.2) is 38.3 Å². The maximum Gasteiger partial charge on any atom is 0.344 e. The number of ether oxygens (including phenoxy) is 4. The van der Waals surface area contributed by atoms with Gasteiger partial charge in [-0.2, -0.15) is 0 Å². The molecule has 0 aromatic heterocycles. The van der Waals surface area contributed by atoms with Crippen LogP contribution in [0.2, 0.25) is 0 Å². The number of amides is 1. The average Bonchev–Trinajstić information content (AvgIpc) is 2.66. The van der Waals surface area contributed by atoms with Gasteiger partial charge in [-0.15, -0.1) is 0 Å². The zero-order chi connectivity index (χ0) is 19.2. The third-order valence-corrected chi connectivity index (χ3v) is 3.93. The Hall–Kier alpha value is -3.22. The smallest absolute Gasteiger partial charge is 0.344 e. The minimum atomic E-state index is -0.616. The van der Waals surface area contributed by atoms with E-state index in [2.05, 4.69) is 5.32 Å². The predicted molar refractivity (Wildman–Crippen MR) is 98.4 cm³/mol. The molecule has 0 spiro atoms. The van der Waals surface area contributed by atoms with Gasteiger partial charge in [0.1, 0.15) is 19.0 Å². The Morgan fingerprint density at radius 3 is 2.44 bits per heavy atom. The standard InChI is InChI=1S/C20H21NO6/c1-13-4-3-5-14(2)20(13)27-12-19(23)26-11-18(22)21-15-6-7-16-17(10-15)25-9-8-24-16/h3-7,10H,8-9,11-12H2,1-2H3,(H,21,22). The van der Waals surface area contributed by atoms with Gasteiger partial charge in [-0.05, 0) is 37.1 Å². The van der Waals surface area contributed by atoms with Crippen molar-refractivity contribution < 1.29 is 28.5 Å². The van der Waals surface area contributed by atoms with Gasteiger partial charge in [-0.25, -0.2) is 4.79 Å². The monoisotopic (exact) mass is 371 g/mol. The molecule has 7 heteroatoms. The molecule has 1 amide bonds. The highest BCUT2D eigenvalue weighted by molar-refractivity contribution is 5.93. The summed E-state index contributed by atoms with van der Waals surface area (Å²) < 4.78 is 21.3. The number of para-hydroxylation sites is 1. The highest BCUT2D eigenvalue weighted by Gasteiger charge is 2.14. The fourth-order valence-corrected chi connectivity index (χ4v) is 2.66. The van der Waals surface area contributed by atoms with E-state index in [9.17, 15) is 9.59 Å². The Morgan fingerprint density at radius 1 is 1.00 bits per heavy atom. The van der Waals surface area contributed by atoms with Crippen molar-refractivity contribution in [2.75, 3.05) is 31.7 Å². The molecule has 3 rings (SSSR count). The number of carbonyl (C=O) groups excluding carboxylic acids is 2. The fraction of sp³-hybridized carbons (Fsp3) is 0.300. The molecule has 0 bridgehead atoms. The first-order valence-corrected chi connectivity index (χ1v) is 8.57. The summed E-state index contributed by atoms with van der Waals surface area (Å²) >= 11 is 0. The van der Waals surface area contributed by atoms with Crippen molar-refractivity contribution in [3.63, 3.8) is 0 Å². The minimum Gasteiger partial charge on any atom is -0.486 e. The first-order chi connectivity index (χ1) is 13.0. The Labute approximate surface area is 157 Å². The molecule has 1 aliphatic heterocycles. The van der Waals surface area contributed by atoms with Gasteiger partial charge in [0.15, 0.2) is 24.7 Å². The lowest BCUT2D eigenvalue weighted by Gasteiger charge is -2.19. The number of benzene rings is 2. The molecule has 27 heavy (non-hydrogen) atoms. The van der Waals surface area contributed by atoms with Crippen molar-refractivity contribution in [2.24, 2.45) is 0 Å². The second-order valence-corrected chi connectivity index (χ2v) is 6.08. The minimum absolute atomic E-state index is 0.261. The molecule has 1 aliphatic rings. The number of carbonyl (C=O) groups is 2. The summed E-state index contributed by atoms with van der Waals surface area (Å²) in [5, 5.41) is 2.65. The summed E-state index contributed by atoms with van der Waals surface area (Å²) in [4.78, 5) is 23.8. The van der Waals surface area contributed by atoms with Crippen molar-refractivity contribution in [1.29, 1.82) is 0 Å². The third-order valence-electron chi connectivity index (χ3n) is 3.93. The number of nitrogens with one attached hydrogen (secondary N) is 1. The van der Waals surface area contributed by atoms with Gasteiger partial charge in [0.2, 0.25) is 0 Å². The largest absolute Gasteiger partial charge is 0.486 e. The summed E-state index contributed by atoms with van der Waals surface area (Å²) in [6.07, 6.45) is 0. The van der Waals surface area contributed by atoms with Crippen LogP contribution in [0.25, 0.3) is 0 Å². The fourth-order valence-electron chi connectivity index (χ4n) is 2.66. The zero-order valence-electron chi connectivity index (χ0n) is 15.2. The van der Waals surface area contributed by atoms with E-state index >= 15 is 0 Å². The lowest BCUT2D eigenvalue weighted by molar-refractivity contribution is -0.149. The highest BCUT2D eigenvalue weighted by Crippen LogP contribution is 2.32. The molecule has 2 aromatic rings. The van der Waals surface area contributed by atoms with Gasteiger partial charge in [0.25, 0.3) is 5.91 Å². The second-order valence-electron chi connectivity index (χ2n) is 6.08. The van der Waals surface area contributed by atoms with Crippen LogP contribution >= 0.6 is 0 Å². The topological polar surface area (TPSA) is 83.1 Å². The quantitative estimate of drug-likeness (QED) is 0.786. The van der Waals surface area contributed by atoms with Crippen LogP contribution in [0.1, 0.15) is 11.1 Å². The van der Waals surface area contributed by atoms with E-state index in [0.717, 1.165) is 11.1 Å². The summed E-state index contributed by atoms with van der Waals surface area (Å²) in [6, 6.07) is 10.8. The lowest BCUT2D eigenvalue weighted by atomic mass is 10.1. The predicted octanol–water partition coefficient (Wildman–Crippen LogP) is 2.64. The molecular weight excluding hydrogens is 350 g/mol. The molecule has 0 saturated heterocycles. The Bertz CT molecular complexity index is 828. The number of hydrogen-bond donors (Lipinski definition) is 1. The number of esters is 1. The van der Waals surface area contributed by atoms with Crippen LogP contribution < -0.4 is 19.5 Å². The molecule has 0 fully saturated rings. The van der Waals surface area contributed by atoms with Gasteiger partial charge >= 0.3 is 5.97 Å². The molecule has 142 valence electrons. The van der Waals surface area contributed by atoms with E-state index in [1.807, 2.05) is 32.0 Å². The molecule has 1 heterocycles. The summed E-state index contributed by atoms with van der Waals surface area (Å²) in [5.74, 6) is 0.782. The maximum atomic E-state index is 12.0. The molecule has 0 saturated carbocycles. The van der Waals surface area contributed by atoms with Crippen molar-refractivity contribution in [1.82, 2.24) is 0 Å². The zero-order valence-corrected chi connectivity index (χ0v) is 15.2. The van der Waals surface area contributed by atoms with E-state index in [1.165, 1.54) is 0 Å². The van der Waals surface area contributed by atoms with Gasteiger partial charge in [-0.3, -0.25) is 4.79 Å². The summed E-state index contributed by atoms with van der Waals surface area (Å²) in [6.45, 7) is 4.09. The molecule has 0 atom stereocenters. The first kappa shape index (κ1) is 18.6. The van der Waals surface area contributed by atoms with Crippen molar-refractivity contribution in [2.45, 2.75) is 13.8 Å². The molecule has 1 N–H and O–H groups in total. The lowest BCUT2D eigenvalue weighted by Crippen LogP contribution is -2.24. The summed E-state index contributed by atoms with van der Waals surface area (Å²) in [7, 11) is 0. The molecule has 0 unspecified atom stereocenters. The maximum absolute atomic E-state index is 12.0. The average molecular weight is 371 g/mol. The van der Waals surface area contributed by atoms with E-state index in [-0.39, 0.29) is 6.61 Å². The number of hydrogen-bond acceptors (Lipinski definition) is 6. The SMILES string of the molecule is Cc1cccc(C)c1OCC(=O)OCC(=O)Nc1ccc2c(c1)OCCO2. The van der Waals surface area contributed by atoms with Crippen LogP contribution in [0.5, 0.6) is 17.2 Å². The Kier molecular flexibility index (Phi) is 5.80. The van der Waals surface area contributed by atoms with Crippen LogP contribution in [0.15, 0.2) is 36.4 Å². The Balaban J connectivity index is 1.45. The van der Waals surface area contributed by atoms with Crippen LogP contribution in [0, 0.1) is 13.8 Å². The van der Waals surface area contributed by atoms with Crippen molar-refractivity contribution in [3.8, 4) is 17.2 Å². The van der Waals surface area contributed by atoms with Gasteiger partial charge in [-0.1, -0.05) is 18.2 Å². The van der Waals surface area contributed by atoms with Crippen LogP contribution in [0.3, 0.4) is 0 Å². The van der Waals surface area contributed by atoms with Gasteiger partial charge < -0.3 is 24.3 Å². The van der Waals surface area contributed by atoms with E-state index in [1.54, 1.807) is 18.2 Å². The van der Waals surface area contributed by atoms with E-state index in [4.69, 9.17) is 18.9 Å². The number of aryl methyl sites for hydroxylation is 2. The van der Waals surface area contributed by atoms with Crippen molar-refractivity contribution >= 4 is 17.6 Å². The van der Waals surface area contributed by atoms with Gasteiger partial charge in [0.05, 0.1) is 0 Å². The first-order valence-electron chi connectivity index (χ1n) is 8.57. The van der Waals surface area contributed by atoms with Gasteiger partial charge in [0, 0.05) is 11.8 Å². The van der Waals surface area contributed by atoms with Crippen LogP contribution in [-0.2, 0) is 14.3 Å². The van der Waals surface area contributed by atoms with E-state index < -0.39 is 18.5 Å². The third kappa shape index (κ3) is 4.91. The Morgan fingerprint density at radius 2 is 1.70 bits per heavy atom. The van der Waals surface area contributed by atoms with Crippen LogP contribution in [0.4, 0.5) is 5.69 Å².